The van der Waals surface area contributed by atoms with E-state index >= 15 is 0 Å². The van der Waals surface area contributed by atoms with Gasteiger partial charge < -0.3 is 21.3 Å². The first-order valence-electron chi connectivity index (χ1n) is 6.54. The molecule has 1 fully saturated rings. The molecule has 1 rings (SSSR count). The van der Waals surface area contributed by atoms with Crippen molar-refractivity contribution in [1.29, 1.82) is 0 Å². The Balaban J connectivity index is 0.00000324. The van der Waals surface area contributed by atoms with Gasteiger partial charge >= 0.3 is 6.03 Å². The quantitative estimate of drug-likeness (QED) is 0.697. The molecule has 7 heteroatoms. The number of nitrogens with zero attached hydrogens (tertiary/aromatic N) is 1. The Morgan fingerprint density at radius 2 is 2.05 bits per heavy atom. The largest absolute Gasteiger partial charge is 0.351 e. The van der Waals surface area contributed by atoms with E-state index in [4.69, 9.17) is 5.73 Å². The minimum atomic E-state index is -0.205. The van der Waals surface area contributed by atoms with Gasteiger partial charge in [0.15, 0.2) is 0 Å². The lowest BCUT2D eigenvalue weighted by Gasteiger charge is -2.20. The fourth-order valence-corrected chi connectivity index (χ4v) is 1.90. The molecule has 0 aromatic carbocycles. The Morgan fingerprint density at radius 1 is 1.42 bits per heavy atom. The van der Waals surface area contributed by atoms with Crippen LogP contribution in [0.15, 0.2) is 0 Å². The summed E-state index contributed by atoms with van der Waals surface area (Å²) in [6.45, 7) is 7.40. The van der Waals surface area contributed by atoms with Gasteiger partial charge in [-0.25, -0.2) is 4.79 Å². The lowest BCUT2D eigenvalue weighted by Crippen LogP contribution is -2.45. The third kappa shape index (κ3) is 5.24. The number of nitrogens with one attached hydrogen (secondary N) is 2. The molecular formula is C12H25ClN4O2. The van der Waals surface area contributed by atoms with E-state index in [2.05, 4.69) is 10.6 Å². The normalized spacial score (nSPS) is 21.3. The molecule has 6 nitrogen and oxygen atoms in total. The molecule has 1 saturated heterocycles. The molecule has 0 spiro atoms. The van der Waals surface area contributed by atoms with Crippen molar-refractivity contribution in [3.05, 3.63) is 0 Å². The van der Waals surface area contributed by atoms with Crippen molar-refractivity contribution in [3.63, 3.8) is 0 Å². The molecule has 19 heavy (non-hydrogen) atoms. The summed E-state index contributed by atoms with van der Waals surface area (Å²) < 4.78 is 0. The summed E-state index contributed by atoms with van der Waals surface area (Å²) in [5.41, 5.74) is 5.69. The van der Waals surface area contributed by atoms with E-state index < -0.39 is 0 Å². The number of likely N-dealkylation sites (tertiary alicyclic amines) is 1. The highest BCUT2D eigenvalue weighted by Gasteiger charge is 2.28. The maximum atomic E-state index is 11.8. The summed E-state index contributed by atoms with van der Waals surface area (Å²) in [6, 6.07) is -0.179. The number of urea groups is 1. The molecule has 0 aliphatic carbocycles. The van der Waals surface area contributed by atoms with Crippen LogP contribution >= 0.6 is 12.4 Å². The van der Waals surface area contributed by atoms with Gasteiger partial charge in [-0.05, 0) is 20.3 Å². The molecule has 4 N–H and O–H groups in total. The van der Waals surface area contributed by atoms with Crippen molar-refractivity contribution in [1.82, 2.24) is 15.5 Å². The maximum absolute atomic E-state index is 11.8. The third-order valence-corrected chi connectivity index (χ3v) is 3.35. The van der Waals surface area contributed by atoms with Gasteiger partial charge in [0.2, 0.25) is 5.91 Å². The van der Waals surface area contributed by atoms with E-state index in [-0.39, 0.29) is 42.3 Å². The van der Waals surface area contributed by atoms with Gasteiger partial charge in [0.05, 0.1) is 0 Å². The fraction of sp³-hybridized carbons (Fsp3) is 0.833. The second kappa shape index (κ2) is 8.22. The van der Waals surface area contributed by atoms with Crippen LogP contribution < -0.4 is 16.4 Å². The second-order valence-corrected chi connectivity index (χ2v) is 4.92. The highest BCUT2D eigenvalue weighted by Crippen LogP contribution is 2.10. The van der Waals surface area contributed by atoms with Crippen molar-refractivity contribution in [2.24, 2.45) is 11.7 Å². The number of rotatable bonds is 4. The molecule has 0 radical (unpaired) electrons. The summed E-state index contributed by atoms with van der Waals surface area (Å²) in [7, 11) is 0. The molecule has 1 heterocycles. The standard InChI is InChI=1S/C12H24N4O2.ClH/c1-4-14-12(18)16-6-5-10(7-16)15-11(17)8(2)9(3)13;/h8-10H,4-7,13H2,1-3H3,(H,14,18)(H,15,17);1H. The summed E-state index contributed by atoms with van der Waals surface area (Å²) in [5.74, 6) is -0.240. The van der Waals surface area contributed by atoms with Gasteiger partial charge in [0, 0.05) is 37.6 Å². The van der Waals surface area contributed by atoms with Crippen LogP contribution in [0.3, 0.4) is 0 Å². The fourth-order valence-electron chi connectivity index (χ4n) is 1.90. The van der Waals surface area contributed by atoms with Gasteiger partial charge in [0.25, 0.3) is 0 Å². The predicted octanol–water partition coefficient (Wildman–Crippen LogP) is 0.312. The van der Waals surface area contributed by atoms with E-state index in [0.717, 1.165) is 6.42 Å². The molecular weight excluding hydrogens is 268 g/mol. The SMILES string of the molecule is CCNC(=O)N1CCC(NC(=O)C(C)C(C)N)C1.Cl. The minimum absolute atomic E-state index is 0. The highest BCUT2D eigenvalue weighted by molar-refractivity contribution is 5.85. The Kier molecular flexibility index (Phi) is 7.78. The molecule has 0 aromatic rings. The van der Waals surface area contributed by atoms with Gasteiger partial charge in [-0.1, -0.05) is 6.92 Å². The third-order valence-electron chi connectivity index (χ3n) is 3.35. The minimum Gasteiger partial charge on any atom is -0.351 e. The Labute approximate surface area is 120 Å². The van der Waals surface area contributed by atoms with E-state index in [1.165, 1.54) is 0 Å². The second-order valence-electron chi connectivity index (χ2n) is 4.92. The number of carbonyl (C=O) groups is 2. The summed E-state index contributed by atoms with van der Waals surface area (Å²) in [5, 5.41) is 5.70. The summed E-state index contributed by atoms with van der Waals surface area (Å²) in [4.78, 5) is 25.2. The monoisotopic (exact) mass is 292 g/mol. The van der Waals surface area contributed by atoms with Crippen LogP contribution in [0.1, 0.15) is 27.2 Å². The first kappa shape index (κ1) is 18.0. The molecule has 3 atom stereocenters. The van der Waals surface area contributed by atoms with Gasteiger partial charge in [0.1, 0.15) is 0 Å². The highest BCUT2D eigenvalue weighted by atomic mass is 35.5. The molecule has 1 aliphatic rings. The van der Waals surface area contributed by atoms with E-state index in [1.807, 2.05) is 20.8 Å². The maximum Gasteiger partial charge on any atom is 0.317 e. The molecule has 0 aromatic heterocycles. The zero-order valence-corrected chi connectivity index (χ0v) is 12.6. The van der Waals surface area contributed by atoms with Crippen molar-refractivity contribution < 1.29 is 9.59 Å². The van der Waals surface area contributed by atoms with Crippen LogP contribution in [0.4, 0.5) is 4.79 Å². The number of carbonyl (C=O) groups excluding carboxylic acids is 2. The summed E-state index contributed by atoms with van der Waals surface area (Å²) >= 11 is 0. The van der Waals surface area contributed by atoms with Gasteiger partial charge in [-0.3, -0.25) is 4.79 Å². The van der Waals surface area contributed by atoms with E-state index in [1.54, 1.807) is 4.90 Å². The first-order chi connectivity index (χ1) is 8.45. The van der Waals surface area contributed by atoms with Gasteiger partial charge in [-0.15, -0.1) is 12.4 Å². The molecule has 112 valence electrons. The number of hydrogen-bond acceptors (Lipinski definition) is 3. The number of nitrogens with two attached hydrogens (primary N) is 1. The van der Waals surface area contributed by atoms with Crippen LogP contribution in [0.2, 0.25) is 0 Å². The Hall–Kier alpha value is -1.01. The van der Waals surface area contributed by atoms with Crippen molar-refractivity contribution >= 4 is 24.3 Å². The first-order valence-corrected chi connectivity index (χ1v) is 6.54. The number of halogens is 1. The van der Waals surface area contributed by atoms with Crippen molar-refractivity contribution in [3.8, 4) is 0 Å². The Bertz CT molecular complexity index is 312. The lowest BCUT2D eigenvalue weighted by molar-refractivity contribution is -0.125. The van der Waals surface area contributed by atoms with E-state index in [9.17, 15) is 9.59 Å². The molecule has 1 aliphatic heterocycles. The zero-order chi connectivity index (χ0) is 13.7. The van der Waals surface area contributed by atoms with Crippen molar-refractivity contribution in [2.75, 3.05) is 19.6 Å². The smallest absolute Gasteiger partial charge is 0.317 e. The molecule has 0 bridgehead atoms. The lowest BCUT2D eigenvalue weighted by atomic mass is 10.0. The van der Waals surface area contributed by atoms with Gasteiger partial charge in [-0.2, -0.15) is 0 Å². The van der Waals surface area contributed by atoms with Crippen LogP contribution in [0.5, 0.6) is 0 Å². The van der Waals surface area contributed by atoms with Crippen molar-refractivity contribution in [2.45, 2.75) is 39.3 Å². The molecule has 0 saturated carbocycles. The Morgan fingerprint density at radius 3 is 2.58 bits per heavy atom. The average Bonchev–Trinajstić information content (AvgIpc) is 2.76. The molecule has 3 amide bonds. The topological polar surface area (TPSA) is 87.5 Å². The summed E-state index contributed by atoms with van der Waals surface area (Å²) in [6.07, 6.45) is 0.800. The molecule has 3 unspecified atom stereocenters. The average molecular weight is 293 g/mol. The van der Waals surface area contributed by atoms with Crippen LogP contribution in [-0.2, 0) is 4.79 Å². The number of amides is 3. The van der Waals surface area contributed by atoms with Crippen LogP contribution in [0.25, 0.3) is 0 Å². The van der Waals surface area contributed by atoms with Crippen LogP contribution in [-0.4, -0.2) is 48.6 Å². The number of hydrogen-bond donors (Lipinski definition) is 3. The predicted molar refractivity (Wildman–Crippen MR) is 77.3 cm³/mol. The zero-order valence-electron chi connectivity index (χ0n) is 11.8. The van der Waals surface area contributed by atoms with Crippen LogP contribution in [0, 0.1) is 5.92 Å². The van der Waals surface area contributed by atoms with E-state index in [0.29, 0.717) is 19.6 Å².